The van der Waals surface area contributed by atoms with Gasteiger partial charge in [0.15, 0.2) is 0 Å². The second-order valence-corrected chi connectivity index (χ2v) is 6.30. The lowest BCUT2D eigenvalue weighted by molar-refractivity contribution is -0.125. The van der Waals surface area contributed by atoms with Crippen molar-refractivity contribution in [1.82, 2.24) is 5.32 Å². The first-order valence-corrected chi connectivity index (χ1v) is 8.55. The molecule has 0 radical (unpaired) electrons. The summed E-state index contributed by atoms with van der Waals surface area (Å²) in [6, 6.07) is 5.80. The number of hydrogen-bond donors (Lipinski definition) is 1. The van der Waals surface area contributed by atoms with Crippen LogP contribution in [0, 0.1) is 6.92 Å². The van der Waals surface area contributed by atoms with Gasteiger partial charge in [-0.25, -0.2) is 0 Å². The molecule has 1 aromatic rings. The molecule has 1 atom stereocenters. The summed E-state index contributed by atoms with van der Waals surface area (Å²) in [6.07, 6.45) is 2.56. The van der Waals surface area contributed by atoms with Gasteiger partial charge in [0.05, 0.1) is 18.3 Å². The molecule has 1 aromatic carbocycles. The molecule has 2 aliphatic heterocycles. The Labute approximate surface area is 142 Å². The molecule has 0 aliphatic carbocycles. The fourth-order valence-electron chi connectivity index (χ4n) is 3.06. The molecule has 1 N–H and O–H groups in total. The van der Waals surface area contributed by atoms with Gasteiger partial charge < -0.3 is 19.7 Å². The zero-order chi connectivity index (χ0) is 16.9. The van der Waals surface area contributed by atoms with Gasteiger partial charge in [-0.05, 0) is 37.5 Å². The first kappa shape index (κ1) is 16.8. The predicted octanol–water partition coefficient (Wildman–Crippen LogP) is 1.80. The summed E-state index contributed by atoms with van der Waals surface area (Å²) in [6.45, 7) is 4.29. The third-order valence-corrected chi connectivity index (χ3v) is 4.40. The summed E-state index contributed by atoms with van der Waals surface area (Å²) in [5.41, 5.74) is 1.87. The number of carbonyl (C=O) groups is 2. The Morgan fingerprint density at radius 2 is 2.17 bits per heavy atom. The fourth-order valence-corrected chi connectivity index (χ4v) is 3.06. The van der Waals surface area contributed by atoms with E-state index >= 15 is 0 Å². The number of fused-ring (bicyclic) bond motifs is 1. The fraction of sp³-hybridized carbons (Fsp3) is 0.556. The highest BCUT2D eigenvalue weighted by molar-refractivity contribution is 5.97. The van der Waals surface area contributed by atoms with Gasteiger partial charge in [-0.1, -0.05) is 6.07 Å². The molecule has 130 valence electrons. The molecule has 0 bridgehead atoms. The van der Waals surface area contributed by atoms with Gasteiger partial charge in [-0.15, -0.1) is 0 Å². The number of nitrogens with zero attached hydrogens (tertiary/aromatic N) is 1. The van der Waals surface area contributed by atoms with E-state index in [4.69, 9.17) is 9.47 Å². The number of benzene rings is 1. The lowest BCUT2D eigenvalue weighted by Crippen LogP contribution is -2.39. The number of rotatable bonds is 5. The zero-order valence-electron chi connectivity index (χ0n) is 14.0. The van der Waals surface area contributed by atoms with Crippen molar-refractivity contribution >= 4 is 17.5 Å². The molecule has 0 aromatic heterocycles. The Balaban J connectivity index is 1.50. The summed E-state index contributed by atoms with van der Waals surface area (Å²) in [5.74, 6) is 0.581. The van der Waals surface area contributed by atoms with Crippen molar-refractivity contribution in [2.24, 2.45) is 0 Å². The molecule has 6 heteroatoms. The third-order valence-electron chi connectivity index (χ3n) is 4.40. The highest BCUT2D eigenvalue weighted by atomic mass is 16.5. The van der Waals surface area contributed by atoms with Gasteiger partial charge in [0.1, 0.15) is 12.4 Å². The van der Waals surface area contributed by atoms with E-state index in [1.807, 2.05) is 25.1 Å². The van der Waals surface area contributed by atoms with Crippen molar-refractivity contribution in [3.8, 4) is 5.75 Å². The molecule has 3 rings (SSSR count). The van der Waals surface area contributed by atoms with E-state index in [1.165, 1.54) is 0 Å². The van der Waals surface area contributed by atoms with Gasteiger partial charge in [0.25, 0.3) is 0 Å². The molecular weight excluding hydrogens is 308 g/mol. The van der Waals surface area contributed by atoms with E-state index in [9.17, 15) is 9.59 Å². The van der Waals surface area contributed by atoms with Crippen molar-refractivity contribution in [3.63, 3.8) is 0 Å². The number of hydrogen-bond acceptors (Lipinski definition) is 4. The van der Waals surface area contributed by atoms with Crippen LogP contribution in [0.25, 0.3) is 0 Å². The van der Waals surface area contributed by atoms with Gasteiger partial charge in [0.2, 0.25) is 11.8 Å². The quantitative estimate of drug-likeness (QED) is 0.893. The molecule has 0 unspecified atom stereocenters. The standard InChI is InChI=1S/C18H24N2O4/c1-13-4-5-16-15(11-13)20(8-10-24-16)18(22)7-6-17(21)19-12-14-3-2-9-23-14/h4-5,11,14H,2-3,6-10,12H2,1H3,(H,19,21)/t14-/m1/s1. The maximum atomic E-state index is 12.5. The van der Waals surface area contributed by atoms with Crippen LogP contribution in [-0.4, -0.2) is 44.2 Å². The number of anilines is 1. The summed E-state index contributed by atoms with van der Waals surface area (Å²) in [5, 5.41) is 2.85. The van der Waals surface area contributed by atoms with Gasteiger partial charge >= 0.3 is 0 Å². The Morgan fingerprint density at radius 3 is 2.96 bits per heavy atom. The summed E-state index contributed by atoms with van der Waals surface area (Å²) < 4.78 is 11.1. The van der Waals surface area contributed by atoms with Crippen molar-refractivity contribution in [2.45, 2.75) is 38.7 Å². The smallest absolute Gasteiger partial charge is 0.227 e. The van der Waals surface area contributed by atoms with E-state index in [2.05, 4.69) is 5.32 Å². The van der Waals surface area contributed by atoms with Gasteiger partial charge in [0, 0.05) is 26.0 Å². The minimum absolute atomic E-state index is 0.0441. The molecule has 24 heavy (non-hydrogen) atoms. The normalized spacial score (nSPS) is 19.5. The average molecular weight is 332 g/mol. The van der Waals surface area contributed by atoms with Crippen LogP contribution in [0.2, 0.25) is 0 Å². The van der Waals surface area contributed by atoms with Gasteiger partial charge in [-0.3, -0.25) is 9.59 Å². The maximum absolute atomic E-state index is 12.5. The molecule has 0 spiro atoms. The van der Waals surface area contributed by atoms with Crippen LogP contribution in [0.3, 0.4) is 0 Å². The van der Waals surface area contributed by atoms with Crippen LogP contribution >= 0.6 is 0 Å². The summed E-state index contributed by atoms with van der Waals surface area (Å²) >= 11 is 0. The van der Waals surface area contributed by atoms with Crippen molar-refractivity contribution < 1.29 is 19.1 Å². The minimum Gasteiger partial charge on any atom is -0.490 e. The molecule has 2 heterocycles. The van der Waals surface area contributed by atoms with E-state index in [0.29, 0.717) is 19.7 Å². The number of ether oxygens (including phenoxy) is 2. The minimum atomic E-state index is -0.100. The van der Waals surface area contributed by atoms with Crippen molar-refractivity contribution in [2.75, 3.05) is 31.2 Å². The lowest BCUT2D eigenvalue weighted by atomic mass is 10.1. The van der Waals surface area contributed by atoms with Gasteiger partial charge in [-0.2, -0.15) is 0 Å². The van der Waals surface area contributed by atoms with Crippen LogP contribution in [0.5, 0.6) is 5.75 Å². The average Bonchev–Trinajstić information content (AvgIpc) is 3.10. The van der Waals surface area contributed by atoms with E-state index < -0.39 is 0 Å². The Kier molecular flexibility index (Phi) is 5.35. The van der Waals surface area contributed by atoms with E-state index in [0.717, 1.165) is 36.4 Å². The Hall–Kier alpha value is -2.08. The van der Waals surface area contributed by atoms with Crippen LogP contribution in [0.15, 0.2) is 18.2 Å². The third kappa shape index (κ3) is 4.06. The summed E-state index contributed by atoms with van der Waals surface area (Å²) in [7, 11) is 0. The second kappa shape index (κ2) is 7.66. The lowest BCUT2D eigenvalue weighted by Gasteiger charge is -2.30. The first-order chi connectivity index (χ1) is 11.6. The molecule has 2 aliphatic rings. The maximum Gasteiger partial charge on any atom is 0.227 e. The van der Waals surface area contributed by atoms with E-state index in [1.54, 1.807) is 4.90 Å². The first-order valence-electron chi connectivity index (χ1n) is 8.55. The monoisotopic (exact) mass is 332 g/mol. The SMILES string of the molecule is Cc1ccc2c(c1)N(C(=O)CCC(=O)NC[C@H]1CCCO1)CCO2. The van der Waals surface area contributed by atoms with E-state index in [-0.39, 0.29) is 30.8 Å². The van der Waals surface area contributed by atoms with Crippen LogP contribution < -0.4 is 15.0 Å². The molecule has 2 amide bonds. The number of aryl methyl sites for hydroxylation is 1. The molecule has 6 nitrogen and oxygen atoms in total. The van der Waals surface area contributed by atoms with Crippen LogP contribution in [0.4, 0.5) is 5.69 Å². The molecule has 0 saturated carbocycles. The highest BCUT2D eigenvalue weighted by Crippen LogP contribution is 2.32. The highest BCUT2D eigenvalue weighted by Gasteiger charge is 2.24. The predicted molar refractivity (Wildman–Crippen MR) is 90.2 cm³/mol. The molecule has 1 fully saturated rings. The number of nitrogens with one attached hydrogen (secondary N) is 1. The molecular formula is C18H24N2O4. The molecule has 1 saturated heterocycles. The number of carbonyl (C=O) groups excluding carboxylic acids is 2. The zero-order valence-corrected chi connectivity index (χ0v) is 14.0. The largest absolute Gasteiger partial charge is 0.490 e. The van der Waals surface area contributed by atoms with Crippen LogP contribution in [-0.2, 0) is 14.3 Å². The van der Waals surface area contributed by atoms with Crippen molar-refractivity contribution in [1.29, 1.82) is 0 Å². The Bertz CT molecular complexity index is 611. The topological polar surface area (TPSA) is 67.9 Å². The second-order valence-electron chi connectivity index (χ2n) is 6.30. The Morgan fingerprint density at radius 1 is 1.29 bits per heavy atom. The van der Waals surface area contributed by atoms with Crippen molar-refractivity contribution in [3.05, 3.63) is 23.8 Å². The summed E-state index contributed by atoms with van der Waals surface area (Å²) in [4.78, 5) is 26.1. The number of amides is 2. The van der Waals surface area contributed by atoms with Crippen LogP contribution in [0.1, 0.15) is 31.2 Å².